The molecule has 1 aromatic rings. The zero-order chi connectivity index (χ0) is 26.7. The molecule has 3 N–H and O–H groups in total. The normalized spacial score (nSPS) is 40.7. The van der Waals surface area contributed by atoms with E-state index in [0.717, 1.165) is 57.3 Å². The lowest BCUT2D eigenvalue weighted by Gasteiger charge is -2.60. The molecule has 3 saturated carbocycles. The van der Waals surface area contributed by atoms with Crippen molar-refractivity contribution in [1.29, 1.82) is 0 Å². The summed E-state index contributed by atoms with van der Waals surface area (Å²) < 4.78 is 5.25. The Balaban J connectivity index is 1.14. The van der Waals surface area contributed by atoms with Crippen LogP contribution in [0.4, 0.5) is 4.79 Å². The number of carboxylic acid groups (broad SMARTS) is 1. The molecule has 0 spiro atoms. The molecule has 0 aromatic carbocycles. The topological polar surface area (TPSA) is 100 Å². The summed E-state index contributed by atoms with van der Waals surface area (Å²) in [7, 11) is 0. The van der Waals surface area contributed by atoms with Crippen molar-refractivity contribution in [1.82, 2.24) is 9.80 Å². The first-order valence-electron chi connectivity index (χ1n) is 15.0. The average molecular weight is 524 g/mol. The Hall–Kier alpha value is -2.12. The molecule has 1 aromatic heterocycles. The molecule has 0 radical (unpaired) electrons. The Bertz CT molecular complexity index is 1130. The van der Waals surface area contributed by atoms with Crippen LogP contribution in [0.3, 0.4) is 0 Å². The van der Waals surface area contributed by atoms with Crippen molar-refractivity contribution in [2.75, 3.05) is 26.2 Å². The van der Waals surface area contributed by atoms with Crippen LogP contribution in [0.1, 0.15) is 83.1 Å². The van der Waals surface area contributed by atoms with Crippen molar-refractivity contribution in [2.45, 2.75) is 89.6 Å². The maximum Gasteiger partial charge on any atom is 0.407 e. The molecule has 7 nitrogen and oxygen atoms in total. The number of allylic oxidation sites excluding steroid dienone is 2. The molecule has 0 bridgehead atoms. The quantitative estimate of drug-likeness (QED) is 0.523. The molecule has 38 heavy (non-hydrogen) atoms. The van der Waals surface area contributed by atoms with E-state index < -0.39 is 6.09 Å². The summed E-state index contributed by atoms with van der Waals surface area (Å²) in [4.78, 5) is 27.9. The van der Waals surface area contributed by atoms with E-state index in [1.807, 2.05) is 6.07 Å². The minimum absolute atomic E-state index is 0.134. The second-order valence-electron chi connectivity index (χ2n) is 13.5. The molecule has 5 aliphatic rings. The second-order valence-corrected chi connectivity index (χ2v) is 13.5. The summed E-state index contributed by atoms with van der Waals surface area (Å²) in [6.45, 7) is 8.23. The lowest BCUT2D eigenvalue weighted by molar-refractivity contribution is -0.0707. The van der Waals surface area contributed by atoms with Gasteiger partial charge in [-0.15, -0.1) is 0 Å². The predicted molar refractivity (Wildman–Crippen MR) is 147 cm³/mol. The third-order valence-electron chi connectivity index (χ3n) is 11.8. The van der Waals surface area contributed by atoms with E-state index in [2.05, 4.69) is 24.8 Å². The van der Waals surface area contributed by atoms with E-state index in [1.165, 1.54) is 25.7 Å². The van der Waals surface area contributed by atoms with E-state index in [1.54, 1.807) is 22.8 Å². The monoisotopic (exact) mass is 523 g/mol. The number of nitrogens with two attached hydrogens (primary N) is 1. The van der Waals surface area contributed by atoms with Gasteiger partial charge >= 0.3 is 11.7 Å². The van der Waals surface area contributed by atoms with Crippen LogP contribution in [-0.4, -0.2) is 59.3 Å². The average Bonchev–Trinajstić information content (AvgIpc) is 3.47. The van der Waals surface area contributed by atoms with Crippen LogP contribution in [0.25, 0.3) is 0 Å². The van der Waals surface area contributed by atoms with Crippen LogP contribution in [0.2, 0.25) is 0 Å². The van der Waals surface area contributed by atoms with Gasteiger partial charge in [0, 0.05) is 37.8 Å². The lowest BCUT2D eigenvalue weighted by atomic mass is 9.45. The molecular formula is C31H45N3O4. The molecule has 2 heterocycles. The Morgan fingerprint density at radius 2 is 2.03 bits per heavy atom. The molecule has 6 rings (SSSR count). The van der Waals surface area contributed by atoms with E-state index in [9.17, 15) is 14.7 Å². The minimum Gasteiger partial charge on any atom is -0.465 e. The largest absolute Gasteiger partial charge is 0.465 e. The number of fused-ring (bicyclic) bond motifs is 5. The molecule has 1 amide bonds. The van der Waals surface area contributed by atoms with Gasteiger partial charge in [-0.1, -0.05) is 25.5 Å². The van der Waals surface area contributed by atoms with Gasteiger partial charge < -0.3 is 20.2 Å². The van der Waals surface area contributed by atoms with Crippen molar-refractivity contribution in [3.05, 3.63) is 46.0 Å². The van der Waals surface area contributed by atoms with Crippen LogP contribution < -0.4 is 11.4 Å². The number of hydrogen-bond donors (Lipinski definition) is 2. The van der Waals surface area contributed by atoms with Crippen LogP contribution in [0.5, 0.6) is 0 Å². The molecule has 1 aliphatic heterocycles. The number of rotatable bonds is 5. The molecule has 1 saturated heterocycles. The Kier molecular flexibility index (Phi) is 6.74. The van der Waals surface area contributed by atoms with Gasteiger partial charge in [0.1, 0.15) is 0 Å². The smallest absolute Gasteiger partial charge is 0.407 e. The summed E-state index contributed by atoms with van der Waals surface area (Å²) in [6.07, 6.45) is 13.4. The molecule has 4 aliphatic carbocycles. The van der Waals surface area contributed by atoms with Gasteiger partial charge in [-0.3, -0.25) is 4.90 Å². The Labute approximate surface area is 226 Å². The highest BCUT2D eigenvalue weighted by molar-refractivity contribution is 5.65. The highest BCUT2D eigenvalue weighted by atomic mass is 16.4. The molecule has 4 fully saturated rings. The number of amides is 1. The van der Waals surface area contributed by atoms with Gasteiger partial charge in [-0.2, -0.15) is 0 Å². The van der Waals surface area contributed by atoms with E-state index in [0.29, 0.717) is 30.2 Å². The summed E-state index contributed by atoms with van der Waals surface area (Å²) >= 11 is 0. The zero-order valence-electron chi connectivity index (χ0n) is 23.1. The van der Waals surface area contributed by atoms with E-state index in [4.69, 9.17) is 10.2 Å². The van der Waals surface area contributed by atoms with Crippen molar-refractivity contribution in [3.63, 3.8) is 0 Å². The van der Waals surface area contributed by atoms with Crippen molar-refractivity contribution >= 4 is 6.09 Å². The first-order valence-corrected chi connectivity index (χ1v) is 15.0. The Morgan fingerprint density at radius 3 is 2.74 bits per heavy atom. The van der Waals surface area contributed by atoms with Crippen molar-refractivity contribution < 1.29 is 14.3 Å². The summed E-state index contributed by atoms with van der Waals surface area (Å²) in [5.74, 6) is 2.29. The second kappa shape index (κ2) is 9.81. The summed E-state index contributed by atoms with van der Waals surface area (Å²) in [5.41, 5.74) is 9.02. The van der Waals surface area contributed by atoms with Crippen LogP contribution in [0, 0.1) is 28.6 Å². The van der Waals surface area contributed by atoms with Crippen molar-refractivity contribution in [3.8, 4) is 0 Å². The maximum atomic E-state index is 12.3. The lowest BCUT2D eigenvalue weighted by Crippen LogP contribution is -2.55. The van der Waals surface area contributed by atoms with E-state index >= 15 is 0 Å². The number of hydrogen-bond acceptors (Lipinski definition) is 5. The van der Waals surface area contributed by atoms with Crippen LogP contribution in [-0.2, 0) is 0 Å². The molecule has 7 heteroatoms. The fraction of sp³-hybridized carbons (Fsp3) is 0.742. The van der Waals surface area contributed by atoms with Crippen LogP contribution >= 0.6 is 0 Å². The third-order valence-corrected chi connectivity index (χ3v) is 11.8. The van der Waals surface area contributed by atoms with Gasteiger partial charge in [-0.05, 0) is 110 Å². The van der Waals surface area contributed by atoms with Gasteiger partial charge in [-0.25, -0.2) is 9.59 Å². The van der Waals surface area contributed by atoms with Crippen molar-refractivity contribution in [2.24, 2.45) is 34.3 Å². The first-order chi connectivity index (χ1) is 18.2. The van der Waals surface area contributed by atoms with Gasteiger partial charge in [0.15, 0.2) is 0 Å². The fourth-order valence-corrected chi connectivity index (χ4v) is 9.67. The van der Waals surface area contributed by atoms with Gasteiger partial charge in [0.2, 0.25) is 0 Å². The van der Waals surface area contributed by atoms with Gasteiger partial charge in [0.25, 0.3) is 0 Å². The molecule has 0 unspecified atom stereocenters. The highest BCUT2D eigenvalue weighted by Crippen LogP contribution is 2.67. The Morgan fingerprint density at radius 1 is 1.18 bits per heavy atom. The number of carbonyl (C=O) groups is 1. The standard InChI is InChI=1S/C31H45N3O4/c1-30-12-9-23(34(29(36)37)16-15-33-14-11-22(32)18-33)17-21(30)4-5-24-26-7-6-25(20-3-8-28(35)38-19-20)31(26,2)13-10-27(24)30/h3,7-8,19,21-25,27H,4-6,9-18,32H2,1-2H3,(H,36,37)/t21-,22+,23+,24+,25-,27+,30+,31-/m1/s1. The molecular weight excluding hydrogens is 478 g/mol. The SMILES string of the molecule is C[C@]12CC[C@H](N(CCN3CC[C@H](N)C3)C(=O)O)C[C@H]1CC[C@H]1C3=CC[C@H](c4ccc(=O)oc4)[C@@]3(C)CC[C@@H]12. The fourth-order valence-electron chi connectivity index (χ4n) is 9.67. The zero-order valence-corrected chi connectivity index (χ0v) is 23.1. The van der Waals surface area contributed by atoms with Gasteiger partial charge in [0.05, 0.1) is 6.26 Å². The summed E-state index contributed by atoms with van der Waals surface area (Å²) in [6, 6.07) is 3.90. The predicted octanol–water partition coefficient (Wildman–Crippen LogP) is 5.07. The number of nitrogens with zero attached hydrogens (tertiary/aromatic N) is 2. The molecule has 208 valence electrons. The first kappa shape index (κ1) is 26.1. The minimum atomic E-state index is -0.761. The number of likely N-dealkylation sites (tertiary alicyclic amines) is 1. The maximum absolute atomic E-state index is 12.3. The third kappa shape index (κ3) is 4.34. The molecule has 8 atom stereocenters. The summed E-state index contributed by atoms with van der Waals surface area (Å²) in [5, 5.41) is 10.1. The van der Waals surface area contributed by atoms with E-state index in [-0.39, 0.29) is 28.5 Å². The highest BCUT2D eigenvalue weighted by Gasteiger charge is 2.58. The van der Waals surface area contributed by atoms with Crippen LogP contribution in [0.15, 0.2) is 39.3 Å².